The van der Waals surface area contributed by atoms with Crippen LogP contribution in [-0.2, 0) is 4.74 Å². The van der Waals surface area contributed by atoms with Gasteiger partial charge in [0, 0.05) is 43.0 Å². The monoisotopic (exact) mass is 439 g/mol. The van der Waals surface area contributed by atoms with Gasteiger partial charge in [-0.1, -0.05) is 6.07 Å². The maximum atomic E-state index is 12.3. The molecule has 3 N–H and O–H groups in total. The summed E-state index contributed by atoms with van der Waals surface area (Å²) in [4.78, 5) is 27.6. The van der Waals surface area contributed by atoms with Gasteiger partial charge in [-0.3, -0.25) is 20.5 Å². The number of pyridine rings is 2. The van der Waals surface area contributed by atoms with E-state index in [0.29, 0.717) is 11.6 Å². The first-order chi connectivity index (χ1) is 15.3. The smallest absolute Gasteiger partial charge is 0.326 e. The predicted molar refractivity (Wildman–Crippen MR) is 123 cm³/mol. The molecule has 3 aromatic rings. The van der Waals surface area contributed by atoms with E-state index in [1.807, 2.05) is 24.3 Å². The van der Waals surface area contributed by atoms with E-state index >= 15 is 0 Å². The lowest BCUT2D eigenvalue weighted by Gasteiger charge is -2.26. The Kier molecular flexibility index (Phi) is 7.37. The fourth-order valence-corrected chi connectivity index (χ4v) is 3.93. The van der Waals surface area contributed by atoms with Crippen LogP contribution in [0.15, 0.2) is 48.1 Å². The van der Waals surface area contributed by atoms with E-state index in [9.17, 15) is 4.79 Å². The molecule has 0 unspecified atom stereocenters. The van der Waals surface area contributed by atoms with Gasteiger partial charge in [-0.2, -0.15) is 0 Å². The van der Waals surface area contributed by atoms with Gasteiger partial charge < -0.3 is 10.1 Å². The second kappa shape index (κ2) is 10.8. The first-order valence-electron chi connectivity index (χ1n) is 10.2. The van der Waals surface area contributed by atoms with Crippen molar-refractivity contribution in [2.45, 2.75) is 6.42 Å². The Balaban J connectivity index is 1.23. The standard InChI is InChI=1S/C21H25N7O2S/c29-21(27-19-15-31-20(25-19)16-5-8-22-9-6-16)26-18-4-1-3-17(24-18)23-7-2-10-28-11-13-30-14-12-28/h1,3-6,8-9,15H,2,7,10-14H2,(H3,23,24,26,27,29). The molecule has 0 bridgehead atoms. The second-order valence-electron chi connectivity index (χ2n) is 7.00. The average molecular weight is 440 g/mol. The molecule has 4 heterocycles. The number of anilines is 3. The summed E-state index contributed by atoms with van der Waals surface area (Å²) in [5, 5.41) is 11.4. The van der Waals surface area contributed by atoms with E-state index in [1.54, 1.807) is 23.8 Å². The van der Waals surface area contributed by atoms with Crippen molar-refractivity contribution in [3.8, 4) is 10.6 Å². The van der Waals surface area contributed by atoms with Crippen LogP contribution in [0.1, 0.15) is 6.42 Å². The zero-order valence-electron chi connectivity index (χ0n) is 17.1. The number of carbonyl (C=O) groups excluding carboxylic acids is 1. The predicted octanol–water partition coefficient (Wildman–Crippen LogP) is 3.38. The van der Waals surface area contributed by atoms with Gasteiger partial charge in [-0.25, -0.2) is 14.8 Å². The number of hydrogen-bond acceptors (Lipinski definition) is 8. The summed E-state index contributed by atoms with van der Waals surface area (Å²) >= 11 is 1.46. The maximum absolute atomic E-state index is 12.3. The van der Waals surface area contributed by atoms with Crippen LogP contribution in [0.5, 0.6) is 0 Å². The summed E-state index contributed by atoms with van der Waals surface area (Å²) in [6, 6.07) is 8.87. The Bertz CT molecular complexity index is 977. The van der Waals surface area contributed by atoms with Crippen molar-refractivity contribution >= 4 is 34.8 Å². The van der Waals surface area contributed by atoms with E-state index in [0.717, 1.165) is 62.2 Å². The summed E-state index contributed by atoms with van der Waals surface area (Å²) in [6.45, 7) is 5.47. The third-order valence-electron chi connectivity index (χ3n) is 4.72. The Hall–Kier alpha value is -3.08. The Morgan fingerprint density at radius 3 is 2.65 bits per heavy atom. The molecule has 1 fully saturated rings. The molecule has 0 aromatic carbocycles. The molecular weight excluding hydrogens is 414 g/mol. The Labute approximate surface area is 184 Å². The number of urea groups is 1. The van der Waals surface area contributed by atoms with Gasteiger partial charge >= 0.3 is 6.03 Å². The van der Waals surface area contributed by atoms with Crippen LogP contribution in [0.4, 0.5) is 22.2 Å². The molecular formula is C21H25N7O2S. The van der Waals surface area contributed by atoms with E-state index < -0.39 is 0 Å². The summed E-state index contributed by atoms with van der Waals surface area (Å²) in [7, 11) is 0. The SMILES string of the molecule is O=C(Nc1cccc(NCCCN2CCOCC2)n1)Nc1csc(-c2ccncc2)n1. The van der Waals surface area contributed by atoms with E-state index in [4.69, 9.17) is 4.74 Å². The molecule has 162 valence electrons. The zero-order valence-corrected chi connectivity index (χ0v) is 17.9. The van der Waals surface area contributed by atoms with Crippen LogP contribution in [0.2, 0.25) is 0 Å². The second-order valence-corrected chi connectivity index (χ2v) is 7.85. The Morgan fingerprint density at radius 1 is 1.03 bits per heavy atom. The van der Waals surface area contributed by atoms with Gasteiger partial charge in [-0.15, -0.1) is 11.3 Å². The first kappa shape index (κ1) is 21.2. The number of nitrogens with one attached hydrogen (secondary N) is 3. The fourth-order valence-electron chi connectivity index (χ4n) is 3.17. The van der Waals surface area contributed by atoms with Crippen LogP contribution in [0.3, 0.4) is 0 Å². The van der Waals surface area contributed by atoms with Crippen molar-refractivity contribution in [2.24, 2.45) is 0 Å². The van der Waals surface area contributed by atoms with Gasteiger partial charge in [0.25, 0.3) is 0 Å². The van der Waals surface area contributed by atoms with Gasteiger partial charge in [0.1, 0.15) is 22.5 Å². The quantitative estimate of drug-likeness (QED) is 0.462. The minimum Gasteiger partial charge on any atom is -0.379 e. The number of morpholine rings is 1. The molecule has 1 aliphatic heterocycles. The highest BCUT2D eigenvalue weighted by Gasteiger charge is 2.10. The van der Waals surface area contributed by atoms with E-state index in [-0.39, 0.29) is 6.03 Å². The van der Waals surface area contributed by atoms with Gasteiger partial charge in [0.05, 0.1) is 13.2 Å². The molecule has 1 saturated heterocycles. The number of ether oxygens (including phenoxy) is 1. The molecule has 0 saturated carbocycles. The van der Waals surface area contributed by atoms with Crippen LogP contribution in [0.25, 0.3) is 10.6 Å². The molecule has 2 amide bonds. The zero-order chi connectivity index (χ0) is 21.3. The van der Waals surface area contributed by atoms with Gasteiger partial charge in [0.2, 0.25) is 0 Å². The molecule has 0 aliphatic carbocycles. The van der Waals surface area contributed by atoms with Crippen molar-refractivity contribution in [3.63, 3.8) is 0 Å². The minimum atomic E-state index is -0.386. The summed E-state index contributed by atoms with van der Waals surface area (Å²) < 4.78 is 5.37. The average Bonchev–Trinajstić information content (AvgIpc) is 3.27. The van der Waals surface area contributed by atoms with Crippen LogP contribution in [-0.4, -0.2) is 65.3 Å². The van der Waals surface area contributed by atoms with Gasteiger partial charge in [0.15, 0.2) is 0 Å². The van der Waals surface area contributed by atoms with E-state index in [1.165, 1.54) is 11.3 Å². The highest BCUT2D eigenvalue weighted by molar-refractivity contribution is 7.13. The summed E-state index contributed by atoms with van der Waals surface area (Å²) in [5.41, 5.74) is 0.961. The highest BCUT2D eigenvalue weighted by Crippen LogP contribution is 2.25. The normalized spacial score (nSPS) is 14.2. The van der Waals surface area contributed by atoms with Crippen LogP contribution in [0, 0.1) is 0 Å². The molecule has 10 heteroatoms. The number of nitrogens with zero attached hydrogens (tertiary/aromatic N) is 4. The maximum Gasteiger partial charge on any atom is 0.326 e. The van der Waals surface area contributed by atoms with Crippen molar-refractivity contribution in [2.75, 3.05) is 55.3 Å². The summed E-state index contributed by atoms with van der Waals surface area (Å²) in [6.07, 6.45) is 4.45. The fraction of sp³-hybridized carbons (Fsp3) is 0.333. The number of amides is 2. The van der Waals surface area contributed by atoms with Crippen LogP contribution >= 0.6 is 11.3 Å². The van der Waals surface area contributed by atoms with Crippen molar-refractivity contribution in [1.29, 1.82) is 0 Å². The van der Waals surface area contributed by atoms with Crippen LogP contribution < -0.4 is 16.0 Å². The molecule has 4 rings (SSSR count). The molecule has 0 radical (unpaired) electrons. The third kappa shape index (κ3) is 6.45. The number of thiazole rings is 1. The van der Waals surface area contributed by atoms with Crippen molar-refractivity contribution in [1.82, 2.24) is 19.9 Å². The molecule has 0 spiro atoms. The Morgan fingerprint density at radius 2 is 1.81 bits per heavy atom. The number of carbonyl (C=O) groups is 1. The van der Waals surface area contributed by atoms with E-state index in [2.05, 4.69) is 35.8 Å². The lowest BCUT2D eigenvalue weighted by molar-refractivity contribution is 0.0378. The third-order valence-corrected chi connectivity index (χ3v) is 5.62. The molecule has 1 aliphatic rings. The molecule has 0 atom stereocenters. The number of rotatable bonds is 8. The molecule has 9 nitrogen and oxygen atoms in total. The molecule has 31 heavy (non-hydrogen) atoms. The number of aromatic nitrogens is 3. The van der Waals surface area contributed by atoms with Crippen molar-refractivity contribution < 1.29 is 9.53 Å². The highest BCUT2D eigenvalue weighted by atomic mass is 32.1. The minimum absolute atomic E-state index is 0.386. The topological polar surface area (TPSA) is 104 Å². The lowest BCUT2D eigenvalue weighted by atomic mass is 10.3. The van der Waals surface area contributed by atoms with Gasteiger partial charge in [-0.05, 0) is 37.2 Å². The first-order valence-corrected chi connectivity index (χ1v) is 11.1. The lowest BCUT2D eigenvalue weighted by Crippen LogP contribution is -2.37. The largest absolute Gasteiger partial charge is 0.379 e. The summed E-state index contributed by atoms with van der Waals surface area (Å²) in [5.74, 6) is 1.69. The number of hydrogen-bond donors (Lipinski definition) is 3. The molecule has 3 aromatic heterocycles. The van der Waals surface area contributed by atoms with Crippen molar-refractivity contribution in [3.05, 3.63) is 48.1 Å².